The summed E-state index contributed by atoms with van der Waals surface area (Å²) in [6.45, 7) is 6.58. The van der Waals surface area contributed by atoms with Gasteiger partial charge in [-0.15, -0.1) is 0 Å². The molecule has 0 fully saturated rings. The Balaban J connectivity index is 4.39. The van der Waals surface area contributed by atoms with Crippen molar-refractivity contribution < 1.29 is 28.6 Å². The zero-order valence-electron chi connectivity index (χ0n) is 45.1. The first-order valence-corrected chi connectivity index (χ1v) is 29.3. The van der Waals surface area contributed by atoms with E-state index in [1.165, 1.54) is 186 Å². The van der Waals surface area contributed by atoms with Crippen LogP contribution in [0.3, 0.4) is 0 Å². The van der Waals surface area contributed by atoms with Crippen LogP contribution in [0.1, 0.15) is 297 Å². The second-order valence-electron chi connectivity index (χ2n) is 19.6. The number of carbonyl (C=O) groups is 3. The minimum atomic E-state index is -0.794. The molecule has 0 aromatic heterocycles. The quantitative estimate of drug-likeness (QED) is 0.0262. The lowest BCUT2D eigenvalue weighted by atomic mass is 10.0. The van der Waals surface area contributed by atoms with Gasteiger partial charge in [0.15, 0.2) is 6.10 Å². The lowest BCUT2D eigenvalue weighted by molar-refractivity contribution is -0.167. The molecule has 1 atom stereocenters. The summed E-state index contributed by atoms with van der Waals surface area (Å²) in [6.07, 6.45) is 70.8. The molecular formula is C62H110O6. The van der Waals surface area contributed by atoms with Crippen LogP contribution in [0.15, 0.2) is 60.8 Å². The van der Waals surface area contributed by atoms with Crippen LogP contribution in [0.2, 0.25) is 0 Å². The standard InChI is InChI=1S/C62H110O6/c1-4-7-10-13-16-19-22-25-27-29-30-31-32-34-36-38-41-44-47-50-53-56-62(65)68-59(57-66-60(63)54-51-48-45-42-39-24-21-18-15-12-9-6-3)58-67-61(64)55-52-49-46-43-40-37-35-33-28-26-23-20-17-14-11-8-5-2/h17,20,25-28,35,37,43,46,59H,4-16,18-19,21-24,29-34,36,38-42,44-45,47-58H2,1-3H3/b20-17-,27-25-,28-26-,37-35-,46-43-/t59-/m0/s1. The molecule has 0 heterocycles. The van der Waals surface area contributed by atoms with Gasteiger partial charge in [0, 0.05) is 19.3 Å². The van der Waals surface area contributed by atoms with E-state index in [9.17, 15) is 14.4 Å². The van der Waals surface area contributed by atoms with Gasteiger partial charge in [0.2, 0.25) is 0 Å². The Morgan fingerprint density at radius 1 is 0.294 bits per heavy atom. The van der Waals surface area contributed by atoms with Gasteiger partial charge in [0.1, 0.15) is 13.2 Å². The molecular weight excluding hydrogens is 841 g/mol. The summed E-state index contributed by atoms with van der Waals surface area (Å²) in [7, 11) is 0. The molecule has 6 heteroatoms. The van der Waals surface area contributed by atoms with Gasteiger partial charge in [-0.25, -0.2) is 0 Å². The molecule has 68 heavy (non-hydrogen) atoms. The molecule has 0 aromatic carbocycles. The van der Waals surface area contributed by atoms with Crippen molar-refractivity contribution in [2.24, 2.45) is 0 Å². The third-order valence-electron chi connectivity index (χ3n) is 12.7. The van der Waals surface area contributed by atoms with Gasteiger partial charge in [0.05, 0.1) is 0 Å². The molecule has 0 saturated heterocycles. The molecule has 0 rings (SSSR count). The van der Waals surface area contributed by atoms with E-state index in [2.05, 4.69) is 81.5 Å². The largest absolute Gasteiger partial charge is 0.462 e. The van der Waals surface area contributed by atoms with Crippen molar-refractivity contribution in [1.82, 2.24) is 0 Å². The van der Waals surface area contributed by atoms with E-state index in [1.807, 2.05) is 0 Å². The molecule has 0 aromatic rings. The minimum absolute atomic E-state index is 0.0886. The molecule has 0 saturated carbocycles. The van der Waals surface area contributed by atoms with Gasteiger partial charge in [-0.2, -0.15) is 0 Å². The van der Waals surface area contributed by atoms with E-state index in [-0.39, 0.29) is 37.5 Å². The van der Waals surface area contributed by atoms with Crippen molar-refractivity contribution in [3.8, 4) is 0 Å². The molecule has 0 amide bonds. The summed E-state index contributed by atoms with van der Waals surface area (Å²) in [5, 5.41) is 0. The Kier molecular flexibility index (Phi) is 54.3. The summed E-state index contributed by atoms with van der Waals surface area (Å²) in [5.74, 6) is -0.936. The van der Waals surface area contributed by atoms with E-state index < -0.39 is 6.10 Å². The zero-order valence-corrected chi connectivity index (χ0v) is 45.1. The Hall–Kier alpha value is -2.89. The summed E-state index contributed by atoms with van der Waals surface area (Å²) in [5.41, 5.74) is 0. The van der Waals surface area contributed by atoms with Crippen LogP contribution in [0.4, 0.5) is 0 Å². The summed E-state index contributed by atoms with van der Waals surface area (Å²) >= 11 is 0. The molecule has 394 valence electrons. The normalized spacial score (nSPS) is 12.5. The van der Waals surface area contributed by atoms with E-state index in [0.29, 0.717) is 19.3 Å². The number of allylic oxidation sites excluding steroid dienone is 10. The predicted octanol–water partition coefficient (Wildman–Crippen LogP) is 19.6. The van der Waals surface area contributed by atoms with E-state index >= 15 is 0 Å². The maximum absolute atomic E-state index is 12.9. The first-order chi connectivity index (χ1) is 33.5. The first kappa shape index (κ1) is 65.1. The monoisotopic (exact) mass is 951 g/mol. The van der Waals surface area contributed by atoms with Crippen molar-refractivity contribution in [2.45, 2.75) is 303 Å². The van der Waals surface area contributed by atoms with Crippen LogP contribution >= 0.6 is 0 Å². The van der Waals surface area contributed by atoms with Crippen LogP contribution in [0, 0.1) is 0 Å². The lowest BCUT2D eigenvalue weighted by Crippen LogP contribution is -2.30. The maximum Gasteiger partial charge on any atom is 0.306 e. The van der Waals surface area contributed by atoms with Gasteiger partial charge in [-0.3, -0.25) is 14.4 Å². The van der Waals surface area contributed by atoms with Crippen molar-refractivity contribution >= 4 is 17.9 Å². The zero-order chi connectivity index (χ0) is 49.3. The highest BCUT2D eigenvalue weighted by Crippen LogP contribution is 2.16. The van der Waals surface area contributed by atoms with Crippen molar-refractivity contribution in [1.29, 1.82) is 0 Å². The average molecular weight is 952 g/mol. The van der Waals surface area contributed by atoms with E-state index in [4.69, 9.17) is 14.2 Å². The Labute approximate surface area is 421 Å². The van der Waals surface area contributed by atoms with Gasteiger partial charge in [-0.05, 0) is 83.5 Å². The third kappa shape index (κ3) is 54.1. The summed E-state index contributed by atoms with van der Waals surface area (Å²) in [4.78, 5) is 38.1. The molecule has 0 unspecified atom stereocenters. The number of esters is 3. The van der Waals surface area contributed by atoms with Crippen LogP contribution in [0.25, 0.3) is 0 Å². The molecule has 0 aliphatic carbocycles. The fourth-order valence-corrected chi connectivity index (χ4v) is 8.31. The fraction of sp³-hybridized carbons (Fsp3) is 0.790. The number of hydrogen-bond acceptors (Lipinski definition) is 6. The van der Waals surface area contributed by atoms with Crippen LogP contribution < -0.4 is 0 Å². The summed E-state index contributed by atoms with van der Waals surface area (Å²) < 4.78 is 16.8. The molecule has 0 spiro atoms. The highest BCUT2D eigenvalue weighted by atomic mass is 16.6. The van der Waals surface area contributed by atoms with Gasteiger partial charge < -0.3 is 14.2 Å². The minimum Gasteiger partial charge on any atom is -0.462 e. The van der Waals surface area contributed by atoms with Gasteiger partial charge >= 0.3 is 17.9 Å². The molecule has 0 aliphatic rings. The first-order valence-electron chi connectivity index (χ1n) is 29.3. The Morgan fingerprint density at radius 2 is 0.544 bits per heavy atom. The second kappa shape index (κ2) is 56.7. The maximum atomic E-state index is 12.9. The lowest BCUT2D eigenvalue weighted by Gasteiger charge is -2.18. The number of hydrogen-bond donors (Lipinski definition) is 0. The van der Waals surface area contributed by atoms with Gasteiger partial charge in [0.25, 0.3) is 0 Å². The smallest absolute Gasteiger partial charge is 0.306 e. The molecule has 0 bridgehead atoms. The molecule has 0 N–H and O–H groups in total. The van der Waals surface area contributed by atoms with E-state index in [0.717, 1.165) is 64.2 Å². The second-order valence-corrected chi connectivity index (χ2v) is 19.6. The van der Waals surface area contributed by atoms with Crippen molar-refractivity contribution in [3.63, 3.8) is 0 Å². The SMILES string of the molecule is CCCCC/C=C\C/C=C\C/C=C\C/C=C\CCCC(=O)OC[C@H](COC(=O)CCCCCCCCCCCCCC)OC(=O)CCCCCCCCCCCCC/C=C\CCCCCCCC. The number of unbranched alkanes of at least 4 members (excludes halogenated alkanes) is 32. The van der Waals surface area contributed by atoms with Crippen LogP contribution in [-0.4, -0.2) is 37.2 Å². The third-order valence-corrected chi connectivity index (χ3v) is 12.7. The number of rotatable bonds is 53. The Morgan fingerprint density at radius 3 is 0.926 bits per heavy atom. The van der Waals surface area contributed by atoms with Crippen LogP contribution in [0.5, 0.6) is 0 Å². The van der Waals surface area contributed by atoms with Crippen molar-refractivity contribution in [3.05, 3.63) is 60.8 Å². The number of carbonyl (C=O) groups excluding carboxylic acids is 3. The molecule has 6 nitrogen and oxygen atoms in total. The van der Waals surface area contributed by atoms with Crippen molar-refractivity contribution in [2.75, 3.05) is 13.2 Å². The molecule has 0 radical (unpaired) electrons. The number of ether oxygens (including phenoxy) is 3. The molecule has 0 aliphatic heterocycles. The van der Waals surface area contributed by atoms with Gasteiger partial charge in [-0.1, -0.05) is 255 Å². The summed E-state index contributed by atoms with van der Waals surface area (Å²) in [6, 6.07) is 0. The fourth-order valence-electron chi connectivity index (χ4n) is 8.31. The van der Waals surface area contributed by atoms with Crippen LogP contribution in [-0.2, 0) is 28.6 Å². The average Bonchev–Trinajstić information content (AvgIpc) is 3.34. The highest BCUT2D eigenvalue weighted by Gasteiger charge is 2.19. The Bertz CT molecular complexity index is 1230. The van der Waals surface area contributed by atoms with E-state index in [1.54, 1.807) is 0 Å². The highest BCUT2D eigenvalue weighted by molar-refractivity contribution is 5.71. The topological polar surface area (TPSA) is 78.9 Å². The predicted molar refractivity (Wildman–Crippen MR) is 293 cm³/mol.